The molecule has 1 amide bonds. The van der Waals surface area contributed by atoms with Crippen LogP contribution in [0.3, 0.4) is 0 Å². The third kappa shape index (κ3) is 3.29. The molecular weight excluding hydrogens is 292 g/mol. The summed E-state index contributed by atoms with van der Waals surface area (Å²) in [5.41, 5.74) is 1.87. The van der Waals surface area contributed by atoms with Gasteiger partial charge in [0, 0.05) is 12.6 Å². The van der Waals surface area contributed by atoms with Gasteiger partial charge >= 0.3 is 0 Å². The number of Topliss-reactive ketones (excluding diaryl/α,β-unsaturated/α-hetero) is 1. The summed E-state index contributed by atoms with van der Waals surface area (Å²) in [7, 11) is 1.55. The van der Waals surface area contributed by atoms with Crippen LogP contribution in [0.5, 0.6) is 5.75 Å². The number of ketones is 1. The molecule has 2 aromatic carbocycles. The number of rotatable bonds is 4. The lowest BCUT2D eigenvalue weighted by Gasteiger charge is -2.22. The predicted octanol–water partition coefficient (Wildman–Crippen LogP) is 2.05. The van der Waals surface area contributed by atoms with Crippen LogP contribution in [0.4, 0.5) is 0 Å². The van der Waals surface area contributed by atoms with Crippen LogP contribution in [0.1, 0.15) is 11.1 Å². The van der Waals surface area contributed by atoms with Gasteiger partial charge in [0.25, 0.3) is 5.91 Å². The highest BCUT2D eigenvalue weighted by atomic mass is 16.5. The van der Waals surface area contributed by atoms with Crippen LogP contribution in [-0.4, -0.2) is 36.0 Å². The molecule has 0 bridgehead atoms. The largest absolute Gasteiger partial charge is 0.489 e. The van der Waals surface area contributed by atoms with Crippen molar-refractivity contribution in [3.8, 4) is 5.75 Å². The minimum atomic E-state index is -0.528. The van der Waals surface area contributed by atoms with Crippen molar-refractivity contribution in [2.24, 2.45) is 4.99 Å². The number of hydrogen-bond acceptors (Lipinski definition) is 4. The first-order valence-corrected chi connectivity index (χ1v) is 7.27. The van der Waals surface area contributed by atoms with Crippen molar-refractivity contribution in [1.82, 2.24) is 4.90 Å². The zero-order valence-electron chi connectivity index (χ0n) is 12.7. The standard InChI is InChI=1S/C18H16N2O3/c1-20-17(19-11-16(21)18(20)22)14-7-9-15(10-8-14)23-12-13-5-3-2-4-6-13/h2-10H,11-12H2,1H3. The molecule has 5 nitrogen and oxygen atoms in total. The smallest absolute Gasteiger partial charge is 0.297 e. The molecule has 23 heavy (non-hydrogen) atoms. The van der Waals surface area contributed by atoms with E-state index in [1.165, 1.54) is 4.90 Å². The van der Waals surface area contributed by atoms with E-state index in [2.05, 4.69) is 4.99 Å². The van der Waals surface area contributed by atoms with Crippen LogP contribution in [0.2, 0.25) is 0 Å². The molecule has 0 aromatic heterocycles. The number of aliphatic imine (C=N–C) groups is 1. The quantitative estimate of drug-likeness (QED) is 0.812. The second-order valence-electron chi connectivity index (χ2n) is 5.23. The molecule has 0 fully saturated rings. The first kappa shape index (κ1) is 15.0. The van der Waals surface area contributed by atoms with Crippen LogP contribution in [-0.2, 0) is 16.2 Å². The maximum Gasteiger partial charge on any atom is 0.297 e. The monoisotopic (exact) mass is 308 g/mol. The number of likely N-dealkylation sites (N-methyl/N-ethyl adjacent to an activating group) is 1. The Kier molecular flexibility index (Phi) is 4.19. The van der Waals surface area contributed by atoms with Crippen molar-refractivity contribution in [3.63, 3.8) is 0 Å². The highest BCUT2D eigenvalue weighted by molar-refractivity contribution is 6.42. The van der Waals surface area contributed by atoms with Crippen LogP contribution >= 0.6 is 0 Å². The summed E-state index contributed by atoms with van der Waals surface area (Å²) in [6.45, 7) is 0.402. The molecule has 0 unspecified atom stereocenters. The van der Waals surface area contributed by atoms with Gasteiger partial charge in [0.15, 0.2) is 0 Å². The Morgan fingerprint density at radius 3 is 2.43 bits per heavy atom. The number of amidine groups is 1. The van der Waals surface area contributed by atoms with Crippen LogP contribution < -0.4 is 4.74 Å². The number of hydrogen-bond donors (Lipinski definition) is 0. The number of benzene rings is 2. The summed E-state index contributed by atoms with van der Waals surface area (Å²) in [6, 6.07) is 17.2. The predicted molar refractivity (Wildman–Crippen MR) is 86.4 cm³/mol. The Balaban J connectivity index is 1.70. The van der Waals surface area contributed by atoms with Gasteiger partial charge < -0.3 is 4.74 Å². The SMILES string of the molecule is CN1C(=O)C(=O)CN=C1c1ccc(OCc2ccccc2)cc1. The van der Waals surface area contributed by atoms with Crippen molar-refractivity contribution in [3.05, 3.63) is 65.7 Å². The van der Waals surface area contributed by atoms with Crippen LogP contribution in [0.25, 0.3) is 0 Å². The van der Waals surface area contributed by atoms with Crippen molar-refractivity contribution in [2.45, 2.75) is 6.61 Å². The average molecular weight is 308 g/mol. The molecule has 0 saturated carbocycles. The molecule has 5 heteroatoms. The van der Waals surface area contributed by atoms with E-state index in [1.807, 2.05) is 54.6 Å². The zero-order chi connectivity index (χ0) is 16.2. The van der Waals surface area contributed by atoms with E-state index >= 15 is 0 Å². The van der Waals surface area contributed by atoms with E-state index in [9.17, 15) is 9.59 Å². The zero-order valence-corrected chi connectivity index (χ0v) is 12.7. The normalized spacial score (nSPS) is 14.7. The van der Waals surface area contributed by atoms with Gasteiger partial charge in [-0.15, -0.1) is 0 Å². The van der Waals surface area contributed by atoms with E-state index < -0.39 is 11.7 Å². The molecule has 0 N–H and O–H groups in total. The van der Waals surface area contributed by atoms with E-state index in [4.69, 9.17) is 4.74 Å². The fourth-order valence-electron chi connectivity index (χ4n) is 2.33. The van der Waals surface area contributed by atoms with Crippen LogP contribution in [0.15, 0.2) is 59.6 Å². The third-order valence-electron chi connectivity index (χ3n) is 3.59. The lowest BCUT2D eigenvalue weighted by atomic mass is 10.1. The van der Waals surface area contributed by atoms with Gasteiger partial charge in [0.05, 0.1) is 0 Å². The van der Waals surface area contributed by atoms with E-state index in [0.717, 1.165) is 16.9 Å². The Labute approximate surface area is 134 Å². The lowest BCUT2D eigenvalue weighted by molar-refractivity contribution is -0.141. The minimum Gasteiger partial charge on any atom is -0.489 e. The Morgan fingerprint density at radius 2 is 1.74 bits per heavy atom. The summed E-state index contributed by atoms with van der Waals surface area (Å²) in [6.07, 6.45) is 0. The van der Waals surface area contributed by atoms with Gasteiger partial charge in [-0.25, -0.2) is 0 Å². The van der Waals surface area contributed by atoms with E-state index in [-0.39, 0.29) is 6.54 Å². The van der Waals surface area contributed by atoms with Crippen molar-refractivity contribution >= 4 is 17.5 Å². The number of nitrogens with zero attached hydrogens (tertiary/aromatic N) is 2. The topological polar surface area (TPSA) is 59.0 Å². The summed E-state index contributed by atoms with van der Waals surface area (Å²) in [5.74, 6) is 0.224. The van der Waals surface area contributed by atoms with Gasteiger partial charge in [-0.2, -0.15) is 0 Å². The Hall–Kier alpha value is -2.95. The van der Waals surface area contributed by atoms with E-state index in [0.29, 0.717) is 12.4 Å². The number of carbonyl (C=O) groups is 2. The summed E-state index contributed by atoms with van der Waals surface area (Å²) >= 11 is 0. The first-order chi connectivity index (χ1) is 11.1. The molecular formula is C18H16N2O3. The fraction of sp³-hybridized carbons (Fsp3) is 0.167. The molecule has 0 atom stereocenters. The number of amides is 1. The molecule has 0 saturated heterocycles. The second kappa shape index (κ2) is 6.44. The van der Waals surface area contributed by atoms with Crippen molar-refractivity contribution in [2.75, 3.05) is 13.6 Å². The molecule has 1 aliphatic rings. The molecule has 0 spiro atoms. The Morgan fingerprint density at radius 1 is 1.04 bits per heavy atom. The fourth-order valence-corrected chi connectivity index (χ4v) is 2.33. The van der Waals surface area contributed by atoms with Crippen LogP contribution in [0, 0.1) is 0 Å². The summed E-state index contributed by atoms with van der Waals surface area (Å²) in [5, 5.41) is 0. The maximum absolute atomic E-state index is 11.7. The maximum atomic E-state index is 11.7. The molecule has 1 aliphatic heterocycles. The Bertz CT molecular complexity index is 752. The third-order valence-corrected chi connectivity index (χ3v) is 3.59. The van der Waals surface area contributed by atoms with Gasteiger partial charge in [0.1, 0.15) is 24.7 Å². The van der Waals surface area contributed by atoms with E-state index in [1.54, 1.807) is 7.05 Å². The van der Waals surface area contributed by atoms with Crippen molar-refractivity contribution < 1.29 is 14.3 Å². The summed E-state index contributed by atoms with van der Waals surface area (Å²) < 4.78 is 5.72. The minimum absolute atomic E-state index is 0.0925. The summed E-state index contributed by atoms with van der Waals surface area (Å²) in [4.78, 5) is 28.5. The highest BCUT2D eigenvalue weighted by Crippen LogP contribution is 2.17. The van der Waals surface area contributed by atoms with Gasteiger partial charge in [-0.05, 0) is 29.8 Å². The number of carbonyl (C=O) groups excluding carboxylic acids is 2. The molecule has 0 radical (unpaired) electrons. The molecule has 1 heterocycles. The second-order valence-corrected chi connectivity index (χ2v) is 5.23. The van der Waals surface area contributed by atoms with Crippen molar-refractivity contribution in [1.29, 1.82) is 0 Å². The van der Waals surface area contributed by atoms with Gasteiger partial charge in [0.2, 0.25) is 5.78 Å². The highest BCUT2D eigenvalue weighted by Gasteiger charge is 2.27. The molecule has 3 rings (SSSR count). The first-order valence-electron chi connectivity index (χ1n) is 7.27. The van der Waals surface area contributed by atoms with Gasteiger partial charge in [-0.1, -0.05) is 30.3 Å². The molecule has 116 valence electrons. The number of ether oxygens (including phenoxy) is 1. The van der Waals surface area contributed by atoms with Gasteiger partial charge in [-0.3, -0.25) is 19.5 Å². The molecule has 2 aromatic rings. The average Bonchev–Trinajstić information content (AvgIpc) is 2.60. The molecule has 0 aliphatic carbocycles. The lowest BCUT2D eigenvalue weighted by Crippen LogP contribution is -2.43.